The van der Waals surface area contributed by atoms with Crippen LogP contribution in [0.3, 0.4) is 0 Å². The molecule has 9 nitrogen and oxygen atoms in total. The van der Waals surface area contributed by atoms with Gasteiger partial charge >= 0.3 is 0 Å². The third-order valence-corrected chi connectivity index (χ3v) is 6.09. The number of carbonyl (C=O) groups excluding carboxylic acids is 2. The van der Waals surface area contributed by atoms with Gasteiger partial charge in [-0.1, -0.05) is 6.58 Å². The standard InChI is InChI=1S/C23H29FN6O3/c1-5-17(31)29-8-6-7-15(12-29)28(4)21-19(24)16-10-25-22(32)18(16)20(27-21)14-9-26-30(11-14)13-23(2,3)33/h5,9,11,15,33H,1,6-8,10,12-13H2,2-4H3,(H,25,32). The normalized spacial score (nSPS) is 18.2. The Morgan fingerprint density at radius 3 is 2.94 bits per heavy atom. The minimum Gasteiger partial charge on any atom is -0.389 e. The number of likely N-dealkylation sites (tertiary alicyclic amines) is 1. The molecule has 0 aromatic carbocycles. The Kier molecular flexibility index (Phi) is 5.96. The summed E-state index contributed by atoms with van der Waals surface area (Å²) >= 11 is 0. The minimum absolute atomic E-state index is 0.0832. The lowest BCUT2D eigenvalue weighted by Crippen LogP contribution is -2.48. The van der Waals surface area contributed by atoms with Gasteiger partial charge in [-0.3, -0.25) is 14.3 Å². The average molecular weight is 457 g/mol. The van der Waals surface area contributed by atoms with Gasteiger partial charge in [0.1, 0.15) is 0 Å². The molecule has 2 amide bonds. The fraction of sp³-hybridized carbons (Fsp3) is 0.478. The average Bonchev–Trinajstić information content (AvgIpc) is 3.39. The van der Waals surface area contributed by atoms with E-state index < -0.39 is 11.4 Å². The van der Waals surface area contributed by atoms with E-state index in [1.54, 1.807) is 47.8 Å². The highest BCUT2D eigenvalue weighted by Gasteiger charge is 2.34. The van der Waals surface area contributed by atoms with Crippen molar-refractivity contribution in [2.45, 2.75) is 51.4 Å². The molecule has 1 saturated heterocycles. The van der Waals surface area contributed by atoms with Gasteiger partial charge in [-0.15, -0.1) is 0 Å². The number of aliphatic hydroxyl groups is 1. The van der Waals surface area contributed by atoms with Crippen molar-refractivity contribution in [3.63, 3.8) is 0 Å². The van der Waals surface area contributed by atoms with Crippen LogP contribution < -0.4 is 10.2 Å². The molecule has 1 unspecified atom stereocenters. The van der Waals surface area contributed by atoms with Crippen molar-refractivity contribution in [2.75, 3.05) is 25.0 Å². The quantitative estimate of drug-likeness (QED) is 0.642. The molecule has 4 heterocycles. The molecular formula is C23H29FN6O3. The van der Waals surface area contributed by atoms with Crippen molar-refractivity contribution in [3.05, 3.63) is 42.0 Å². The zero-order valence-electron chi connectivity index (χ0n) is 19.1. The highest BCUT2D eigenvalue weighted by molar-refractivity contribution is 6.04. The molecule has 0 aliphatic carbocycles. The SMILES string of the molecule is C=CC(=O)N1CCCC(N(C)c2nc(-c3cnn(CC(C)(C)O)c3)c3c(c2F)CNC3=O)C1. The third-order valence-electron chi connectivity index (χ3n) is 6.09. The Hall–Kier alpha value is -3.27. The summed E-state index contributed by atoms with van der Waals surface area (Å²) < 4.78 is 17.1. The van der Waals surface area contributed by atoms with Gasteiger partial charge in [0.2, 0.25) is 5.91 Å². The first-order chi connectivity index (χ1) is 15.6. The summed E-state index contributed by atoms with van der Waals surface area (Å²) in [6.45, 7) is 8.32. The minimum atomic E-state index is -0.972. The van der Waals surface area contributed by atoms with Crippen molar-refractivity contribution in [1.29, 1.82) is 0 Å². The molecule has 10 heteroatoms. The largest absolute Gasteiger partial charge is 0.389 e. The number of piperidine rings is 1. The van der Waals surface area contributed by atoms with Gasteiger partial charge in [0.05, 0.1) is 29.6 Å². The second-order valence-electron chi connectivity index (χ2n) is 9.27. The number of rotatable bonds is 6. The summed E-state index contributed by atoms with van der Waals surface area (Å²) in [6, 6.07) is -0.126. The van der Waals surface area contributed by atoms with Crippen LogP contribution in [0.25, 0.3) is 11.3 Å². The molecule has 2 N–H and O–H groups in total. The molecule has 4 rings (SSSR count). The molecular weight excluding hydrogens is 427 g/mol. The second kappa shape index (κ2) is 8.58. The Morgan fingerprint density at radius 2 is 2.24 bits per heavy atom. The molecule has 0 saturated carbocycles. The maximum absolute atomic E-state index is 15.6. The lowest BCUT2D eigenvalue weighted by atomic mass is 10.0. The predicted octanol–water partition coefficient (Wildman–Crippen LogP) is 1.71. The van der Waals surface area contributed by atoms with Gasteiger partial charge in [0.15, 0.2) is 11.6 Å². The number of hydrogen-bond acceptors (Lipinski definition) is 6. The van der Waals surface area contributed by atoms with Crippen LogP contribution in [0.5, 0.6) is 0 Å². The summed E-state index contributed by atoms with van der Waals surface area (Å²) in [7, 11) is 1.76. The Labute approximate surface area is 191 Å². The Morgan fingerprint density at radius 1 is 1.48 bits per heavy atom. The molecule has 176 valence electrons. The van der Waals surface area contributed by atoms with E-state index in [9.17, 15) is 14.7 Å². The first kappa shape index (κ1) is 22.9. The summed E-state index contributed by atoms with van der Waals surface area (Å²) in [5.41, 5.74) is 0.422. The van der Waals surface area contributed by atoms with E-state index in [0.29, 0.717) is 24.3 Å². The number of nitrogens with zero attached hydrogens (tertiary/aromatic N) is 5. The van der Waals surface area contributed by atoms with Crippen molar-refractivity contribution in [3.8, 4) is 11.3 Å². The molecule has 2 aliphatic heterocycles. The Balaban J connectivity index is 1.73. The van der Waals surface area contributed by atoms with Crippen LogP contribution in [0, 0.1) is 5.82 Å². The van der Waals surface area contributed by atoms with Crippen LogP contribution in [-0.4, -0.2) is 68.4 Å². The fourth-order valence-corrected chi connectivity index (χ4v) is 4.45. The summed E-state index contributed by atoms with van der Waals surface area (Å²) in [5.74, 6) is -0.930. The topological polar surface area (TPSA) is 104 Å². The molecule has 0 bridgehead atoms. The number of likely N-dealkylation sites (N-methyl/N-ethyl adjacent to an activating group) is 1. The van der Waals surface area contributed by atoms with Gasteiger partial charge < -0.3 is 20.2 Å². The van der Waals surface area contributed by atoms with Gasteiger partial charge in [-0.25, -0.2) is 9.37 Å². The summed E-state index contributed by atoms with van der Waals surface area (Å²) in [5, 5.41) is 17.1. The van der Waals surface area contributed by atoms with Crippen LogP contribution in [0.15, 0.2) is 25.0 Å². The first-order valence-corrected chi connectivity index (χ1v) is 11.0. The molecule has 1 atom stereocenters. The number of aromatic nitrogens is 3. The monoisotopic (exact) mass is 456 g/mol. The van der Waals surface area contributed by atoms with Crippen LogP contribution in [-0.2, 0) is 17.9 Å². The van der Waals surface area contributed by atoms with Crippen LogP contribution in [0.1, 0.15) is 42.6 Å². The van der Waals surface area contributed by atoms with Gasteiger partial charge in [-0.2, -0.15) is 5.10 Å². The first-order valence-electron chi connectivity index (χ1n) is 11.0. The molecule has 1 fully saturated rings. The van der Waals surface area contributed by atoms with E-state index in [2.05, 4.69) is 22.0 Å². The smallest absolute Gasteiger partial charge is 0.254 e. The van der Waals surface area contributed by atoms with Gasteiger partial charge in [-0.05, 0) is 32.8 Å². The van der Waals surface area contributed by atoms with Gasteiger partial charge in [0, 0.05) is 50.0 Å². The zero-order valence-corrected chi connectivity index (χ0v) is 19.1. The Bertz CT molecular complexity index is 1110. The molecule has 2 aromatic heterocycles. The number of anilines is 1. The molecule has 2 aliphatic rings. The maximum Gasteiger partial charge on any atom is 0.254 e. The highest BCUT2D eigenvalue weighted by Crippen LogP contribution is 2.35. The molecule has 33 heavy (non-hydrogen) atoms. The molecule has 0 radical (unpaired) electrons. The van der Waals surface area contributed by atoms with Crippen LogP contribution >= 0.6 is 0 Å². The summed E-state index contributed by atoms with van der Waals surface area (Å²) in [4.78, 5) is 32.7. The lowest BCUT2D eigenvalue weighted by Gasteiger charge is -2.38. The van der Waals surface area contributed by atoms with Crippen molar-refractivity contribution < 1.29 is 19.1 Å². The van der Waals surface area contributed by atoms with E-state index in [1.807, 2.05) is 0 Å². The predicted molar refractivity (Wildman–Crippen MR) is 121 cm³/mol. The van der Waals surface area contributed by atoms with Crippen LogP contribution in [0.4, 0.5) is 10.2 Å². The van der Waals surface area contributed by atoms with Crippen molar-refractivity contribution in [2.24, 2.45) is 0 Å². The van der Waals surface area contributed by atoms with Crippen molar-refractivity contribution in [1.82, 2.24) is 25.0 Å². The second-order valence-corrected chi connectivity index (χ2v) is 9.27. The number of halogens is 1. The lowest BCUT2D eigenvalue weighted by molar-refractivity contribution is -0.127. The van der Waals surface area contributed by atoms with E-state index in [0.717, 1.165) is 12.8 Å². The van der Waals surface area contributed by atoms with E-state index in [4.69, 9.17) is 0 Å². The zero-order chi connectivity index (χ0) is 23.9. The van der Waals surface area contributed by atoms with Crippen LogP contribution in [0.2, 0.25) is 0 Å². The summed E-state index contributed by atoms with van der Waals surface area (Å²) in [6.07, 6.45) is 6.12. The van der Waals surface area contributed by atoms with E-state index in [-0.39, 0.29) is 47.9 Å². The van der Waals surface area contributed by atoms with Gasteiger partial charge in [0.25, 0.3) is 5.91 Å². The molecule has 0 spiro atoms. The molecule has 2 aromatic rings. The number of carbonyl (C=O) groups is 2. The number of amides is 2. The number of nitrogens with one attached hydrogen (secondary N) is 1. The number of pyridine rings is 1. The van der Waals surface area contributed by atoms with E-state index >= 15 is 4.39 Å². The highest BCUT2D eigenvalue weighted by atomic mass is 19.1. The fourth-order valence-electron chi connectivity index (χ4n) is 4.45. The number of fused-ring (bicyclic) bond motifs is 1. The third kappa shape index (κ3) is 4.47. The number of hydrogen-bond donors (Lipinski definition) is 2. The maximum atomic E-state index is 15.6. The van der Waals surface area contributed by atoms with E-state index in [1.165, 1.54) is 6.08 Å². The van der Waals surface area contributed by atoms with Crippen molar-refractivity contribution >= 4 is 17.6 Å².